The Labute approximate surface area is 113 Å². The van der Waals surface area contributed by atoms with E-state index in [1.165, 1.54) is 0 Å². The molecule has 1 atom stereocenters. The Kier molecular flexibility index (Phi) is 4.57. The molecule has 112 valence electrons. The molecule has 4 nitrogen and oxygen atoms in total. The number of aromatic nitrogens is 1. The van der Waals surface area contributed by atoms with Gasteiger partial charge in [-0.15, -0.1) is 0 Å². The number of pyridine rings is 1. The first-order valence-electron chi connectivity index (χ1n) is 5.66. The molecule has 1 rings (SSSR count). The molecule has 8 heteroatoms. The largest absolute Gasteiger partial charge is 0.444 e. The third-order valence-corrected chi connectivity index (χ3v) is 2.02. The van der Waals surface area contributed by atoms with Gasteiger partial charge in [0.15, 0.2) is 0 Å². The summed E-state index contributed by atoms with van der Waals surface area (Å²) in [5.41, 5.74) is -1.61. The van der Waals surface area contributed by atoms with Crippen molar-refractivity contribution in [2.45, 2.75) is 38.7 Å². The Hall–Kier alpha value is -1.86. The lowest BCUT2D eigenvalue weighted by Gasteiger charge is -2.21. The summed E-state index contributed by atoms with van der Waals surface area (Å²) in [4.78, 5) is 15.0. The summed E-state index contributed by atoms with van der Waals surface area (Å²) in [6, 6.07) is 2.05. The van der Waals surface area contributed by atoms with Gasteiger partial charge in [0.1, 0.15) is 11.4 Å². The van der Waals surface area contributed by atoms with Gasteiger partial charge in [0.2, 0.25) is 6.17 Å². The fraction of sp³-hybridized carbons (Fsp3) is 0.500. The quantitative estimate of drug-likeness (QED) is 0.839. The molecule has 1 heterocycles. The van der Waals surface area contributed by atoms with E-state index in [2.05, 4.69) is 4.98 Å². The van der Waals surface area contributed by atoms with Gasteiger partial charge in [0, 0.05) is 11.8 Å². The number of amides is 1. The van der Waals surface area contributed by atoms with E-state index in [1.807, 2.05) is 5.32 Å². The average Bonchev–Trinajstić information content (AvgIpc) is 2.24. The second-order valence-electron chi connectivity index (χ2n) is 4.97. The average molecular weight is 294 g/mol. The maximum absolute atomic E-state index is 13.3. The first-order valence-corrected chi connectivity index (χ1v) is 5.66. The number of hydrogen-bond acceptors (Lipinski definition) is 3. The first-order chi connectivity index (χ1) is 9.00. The van der Waals surface area contributed by atoms with Crippen molar-refractivity contribution in [1.82, 2.24) is 4.98 Å². The van der Waals surface area contributed by atoms with Crippen LogP contribution in [-0.2, 0) is 4.74 Å². The standard InChI is InChI=1S/C12H14F4N2O2/c1-11(2,3)20-10(19)18-9-7(5-4-6-17-9)8(13)12(14,15)16/h4-6,8H,1-3H3,(H,17,18,19). The highest BCUT2D eigenvalue weighted by molar-refractivity contribution is 5.84. The Morgan fingerprint density at radius 1 is 1.35 bits per heavy atom. The predicted molar refractivity (Wildman–Crippen MR) is 64.0 cm³/mol. The molecule has 1 aromatic heterocycles. The Morgan fingerprint density at radius 3 is 2.45 bits per heavy atom. The molecule has 0 aliphatic carbocycles. The second kappa shape index (κ2) is 5.64. The Morgan fingerprint density at radius 2 is 1.95 bits per heavy atom. The highest BCUT2D eigenvalue weighted by atomic mass is 19.4. The zero-order chi connectivity index (χ0) is 15.6. The summed E-state index contributed by atoms with van der Waals surface area (Å²) in [7, 11) is 0. The van der Waals surface area contributed by atoms with Crippen LogP contribution in [0.1, 0.15) is 32.5 Å². The van der Waals surface area contributed by atoms with Gasteiger partial charge in [-0.25, -0.2) is 14.2 Å². The van der Waals surface area contributed by atoms with Crippen LogP contribution in [0.5, 0.6) is 0 Å². The van der Waals surface area contributed by atoms with Crippen LogP contribution in [0.25, 0.3) is 0 Å². The third-order valence-electron chi connectivity index (χ3n) is 2.02. The minimum absolute atomic E-state index is 0.522. The number of hydrogen-bond donors (Lipinski definition) is 1. The van der Waals surface area contributed by atoms with Crippen LogP contribution in [0.2, 0.25) is 0 Å². The van der Waals surface area contributed by atoms with Gasteiger partial charge >= 0.3 is 12.3 Å². The van der Waals surface area contributed by atoms with Crippen molar-refractivity contribution in [1.29, 1.82) is 0 Å². The third kappa shape index (κ3) is 4.67. The van der Waals surface area contributed by atoms with E-state index < -0.39 is 35.4 Å². The van der Waals surface area contributed by atoms with Crippen LogP contribution in [0.4, 0.5) is 28.2 Å². The molecule has 1 amide bonds. The zero-order valence-electron chi connectivity index (χ0n) is 11.1. The Balaban J connectivity index is 2.95. The van der Waals surface area contributed by atoms with Crippen LogP contribution in [0.15, 0.2) is 18.3 Å². The number of alkyl halides is 4. The molecule has 0 saturated heterocycles. The summed E-state index contributed by atoms with van der Waals surface area (Å²) < 4.78 is 55.3. The fourth-order valence-corrected chi connectivity index (χ4v) is 1.30. The van der Waals surface area contributed by atoms with E-state index in [-0.39, 0.29) is 0 Å². The van der Waals surface area contributed by atoms with Crippen molar-refractivity contribution in [3.63, 3.8) is 0 Å². The second-order valence-corrected chi connectivity index (χ2v) is 4.97. The fourth-order valence-electron chi connectivity index (χ4n) is 1.30. The highest BCUT2D eigenvalue weighted by Gasteiger charge is 2.43. The highest BCUT2D eigenvalue weighted by Crippen LogP contribution is 2.38. The van der Waals surface area contributed by atoms with E-state index in [4.69, 9.17) is 4.74 Å². The maximum atomic E-state index is 13.3. The minimum atomic E-state index is -5.08. The summed E-state index contributed by atoms with van der Waals surface area (Å²) in [6.45, 7) is 4.75. The van der Waals surface area contributed by atoms with Gasteiger partial charge in [0.25, 0.3) is 0 Å². The number of rotatable bonds is 2. The predicted octanol–water partition coefficient (Wildman–Crippen LogP) is 4.00. The molecular weight excluding hydrogens is 280 g/mol. The van der Waals surface area contributed by atoms with Gasteiger partial charge in [-0.05, 0) is 26.8 Å². The van der Waals surface area contributed by atoms with Crippen LogP contribution in [0, 0.1) is 0 Å². The lowest BCUT2D eigenvalue weighted by Crippen LogP contribution is -2.28. The monoisotopic (exact) mass is 294 g/mol. The molecule has 1 N–H and O–H groups in total. The summed E-state index contributed by atoms with van der Waals surface area (Å²) >= 11 is 0. The van der Waals surface area contributed by atoms with E-state index in [1.54, 1.807) is 20.8 Å². The lowest BCUT2D eigenvalue weighted by atomic mass is 10.1. The van der Waals surface area contributed by atoms with Crippen LogP contribution < -0.4 is 5.32 Å². The molecule has 1 unspecified atom stereocenters. The maximum Gasteiger partial charge on any atom is 0.424 e. The van der Waals surface area contributed by atoms with E-state index in [0.717, 1.165) is 18.3 Å². The number of ether oxygens (including phenoxy) is 1. The molecule has 0 fully saturated rings. The van der Waals surface area contributed by atoms with Crippen molar-refractivity contribution >= 4 is 11.9 Å². The minimum Gasteiger partial charge on any atom is -0.444 e. The number of anilines is 1. The number of carbonyl (C=O) groups excluding carboxylic acids is 1. The molecular formula is C12H14F4N2O2. The number of carbonyl (C=O) groups is 1. The SMILES string of the molecule is CC(C)(C)OC(=O)Nc1ncccc1C(F)C(F)(F)F. The van der Waals surface area contributed by atoms with Gasteiger partial charge in [-0.3, -0.25) is 5.32 Å². The molecule has 0 radical (unpaired) electrons. The molecule has 0 saturated carbocycles. The van der Waals surface area contributed by atoms with E-state index in [0.29, 0.717) is 0 Å². The van der Waals surface area contributed by atoms with Gasteiger partial charge in [-0.1, -0.05) is 6.07 Å². The Bertz CT molecular complexity index is 483. The topological polar surface area (TPSA) is 51.2 Å². The summed E-state index contributed by atoms with van der Waals surface area (Å²) in [5.74, 6) is -0.522. The molecule has 0 aliphatic rings. The van der Waals surface area contributed by atoms with Gasteiger partial charge < -0.3 is 4.74 Å². The first kappa shape index (κ1) is 16.2. The van der Waals surface area contributed by atoms with E-state index in [9.17, 15) is 22.4 Å². The number of halogens is 4. The molecule has 0 bridgehead atoms. The van der Waals surface area contributed by atoms with Crippen LogP contribution in [0.3, 0.4) is 0 Å². The van der Waals surface area contributed by atoms with Crippen molar-refractivity contribution in [3.05, 3.63) is 23.9 Å². The molecule has 0 aliphatic heterocycles. The zero-order valence-corrected chi connectivity index (χ0v) is 11.1. The van der Waals surface area contributed by atoms with Crippen LogP contribution >= 0.6 is 0 Å². The van der Waals surface area contributed by atoms with Crippen LogP contribution in [-0.4, -0.2) is 22.9 Å². The molecule has 0 spiro atoms. The lowest BCUT2D eigenvalue weighted by molar-refractivity contribution is -0.182. The number of nitrogens with one attached hydrogen (secondary N) is 1. The normalized spacial score (nSPS) is 13.8. The van der Waals surface area contributed by atoms with Crippen molar-refractivity contribution in [2.75, 3.05) is 5.32 Å². The van der Waals surface area contributed by atoms with Crippen molar-refractivity contribution in [2.24, 2.45) is 0 Å². The van der Waals surface area contributed by atoms with E-state index >= 15 is 0 Å². The molecule has 0 aromatic carbocycles. The molecule has 1 aromatic rings. The molecule has 20 heavy (non-hydrogen) atoms. The van der Waals surface area contributed by atoms with Crippen molar-refractivity contribution in [3.8, 4) is 0 Å². The summed E-state index contributed by atoms with van der Waals surface area (Å²) in [6.07, 6.45) is -8.18. The smallest absolute Gasteiger partial charge is 0.424 e. The summed E-state index contributed by atoms with van der Waals surface area (Å²) in [5, 5.41) is 2.01. The number of nitrogens with zero attached hydrogens (tertiary/aromatic N) is 1. The van der Waals surface area contributed by atoms with Gasteiger partial charge in [-0.2, -0.15) is 13.2 Å². The van der Waals surface area contributed by atoms with Gasteiger partial charge in [0.05, 0.1) is 0 Å². The van der Waals surface area contributed by atoms with Crippen molar-refractivity contribution < 1.29 is 27.1 Å².